The smallest absolute Gasteiger partial charge is 0.294 e. The molecule has 2 unspecified atom stereocenters. The van der Waals surface area contributed by atoms with Crippen LogP contribution in [-0.2, 0) is 6.54 Å². The van der Waals surface area contributed by atoms with E-state index in [1.54, 1.807) is 11.3 Å². The maximum absolute atomic E-state index is 6.01. The van der Waals surface area contributed by atoms with E-state index in [4.69, 9.17) is 4.74 Å². The molecule has 114 valence electrons. The van der Waals surface area contributed by atoms with E-state index in [9.17, 15) is 0 Å². The van der Waals surface area contributed by atoms with Crippen molar-refractivity contribution >= 4 is 11.3 Å². The van der Waals surface area contributed by atoms with Crippen molar-refractivity contribution in [3.63, 3.8) is 0 Å². The van der Waals surface area contributed by atoms with Gasteiger partial charge >= 0.3 is 0 Å². The molecule has 4 nitrogen and oxygen atoms in total. The molecule has 1 N–H and O–H groups in total. The first-order valence-electron chi connectivity index (χ1n) is 7.87. The first-order valence-corrected chi connectivity index (χ1v) is 8.68. The predicted octanol–water partition coefficient (Wildman–Crippen LogP) is 3.63. The molecule has 0 aromatic carbocycles. The second-order valence-corrected chi connectivity index (χ2v) is 7.19. The number of nitrogens with zero attached hydrogens (tertiary/aromatic N) is 2. The van der Waals surface area contributed by atoms with Gasteiger partial charge < -0.3 is 10.1 Å². The molecule has 1 aliphatic rings. The standard InChI is InChI=1S/C15H27N3OS/c1-4-12-6-5-7-13(8-12)19-15-18-17-14(20-15)10-16-9-11(2)3/h11-13,16H,4-10H2,1-3H3. The number of hydrogen-bond acceptors (Lipinski definition) is 5. The molecule has 0 bridgehead atoms. The lowest BCUT2D eigenvalue weighted by molar-refractivity contribution is 0.121. The van der Waals surface area contributed by atoms with Crippen LogP contribution in [0.5, 0.6) is 5.19 Å². The lowest BCUT2D eigenvalue weighted by Crippen LogP contribution is -2.25. The summed E-state index contributed by atoms with van der Waals surface area (Å²) in [5.74, 6) is 1.49. The van der Waals surface area contributed by atoms with Gasteiger partial charge in [-0.2, -0.15) is 0 Å². The Labute approximate surface area is 126 Å². The number of ether oxygens (including phenoxy) is 1. The summed E-state index contributed by atoms with van der Waals surface area (Å²) in [7, 11) is 0. The molecule has 2 atom stereocenters. The molecule has 0 amide bonds. The Balaban J connectivity index is 1.77. The van der Waals surface area contributed by atoms with Crippen molar-refractivity contribution in [3.05, 3.63) is 5.01 Å². The highest BCUT2D eigenvalue weighted by Crippen LogP contribution is 2.30. The molecule has 1 aromatic heterocycles. The zero-order chi connectivity index (χ0) is 14.4. The predicted molar refractivity (Wildman–Crippen MR) is 83.1 cm³/mol. The minimum atomic E-state index is 0.345. The molecular formula is C15H27N3OS. The van der Waals surface area contributed by atoms with Gasteiger partial charge in [-0.3, -0.25) is 0 Å². The maximum Gasteiger partial charge on any atom is 0.294 e. The van der Waals surface area contributed by atoms with Gasteiger partial charge in [-0.05, 0) is 37.6 Å². The van der Waals surface area contributed by atoms with Crippen LogP contribution in [-0.4, -0.2) is 22.8 Å². The van der Waals surface area contributed by atoms with Crippen molar-refractivity contribution in [2.75, 3.05) is 6.54 Å². The van der Waals surface area contributed by atoms with E-state index in [1.807, 2.05) is 0 Å². The second-order valence-electron chi connectivity index (χ2n) is 6.17. The minimum absolute atomic E-state index is 0.345. The van der Waals surface area contributed by atoms with Gasteiger partial charge in [-0.1, -0.05) is 50.0 Å². The summed E-state index contributed by atoms with van der Waals surface area (Å²) in [6.45, 7) is 8.48. The van der Waals surface area contributed by atoms with E-state index >= 15 is 0 Å². The fourth-order valence-electron chi connectivity index (χ4n) is 2.69. The van der Waals surface area contributed by atoms with Gasteiger partial charge in [-0.15, -0.1) is 5.10 Å². The van der Waals surface area contributed by atoms with Crippen LogP contribution in [0.15, 0.2) is 0 Å². The Hall–Kier alpha value is -0.680. The first-order chi connectivity index (χ1) is 9.67. The summed E-state index contributed by atoms with van der Waals surface area (Å²) >= 11 is 1.58. The van der Waals surface area contributed by atoms with Gasteiger partial charge in [0, 0.05) is 6.54 Å². The number of hydrogen-bond donors (Lipinski definition) is 1. The molecule has 1 heterocycles. The van der Waals surface area contributed by atoms with E-state index in [1.165, 1.54) is 25.7 Å². The highest BCUT2D eigenvalue weighted by molar-refractivity contribution is 7.13. The van der Waals surface area contributed by atoms with Crippen molar-refractivity contribution in [2.45, 2.75) is 65.5 Å². The molecule has 2 rings (SSSR count). The highest BCUT2D eigenvalue weighted by Gasteiger charge is 2.23. The minimum Gasteiger partial charge on any atom is -0.466 e. The molecule has 1 fully saturated rings. The van der Waals surface area contributed by atoms with Gasteiger partial charge in [0.1, 0.15) is 11.1 Å². The molecule has 20 heavy (non-hydrogen) atoms. The van der Waals surface area contributed by atoms with Gasteiger partial charge in [0.05, 0.1) is 0 Å². The Morgan fingerprint density at radius 2 is 2.20 bits per heavy atom. The summed E-state index contributed by atoms with van der Waals surface area (Å²) in [6, 6.07) is 0. The Bertz CT molecular complexity index is 394. The van der Waals surface area contributed by atoms with Crippen molar-refractivity contribution in [1.29, 1.82) is 0 Å². The van der Waals surface area contributed by atoms with Gasteiger partial charge in [-0.25, -0.2) is 0 Å². The zero-order valence-electron chi connectivity index (χ0n) is 12.9. The highest BCUT2D eigenvalue weighted by atomic mass is 32.1. The average Bonchev–Trinajstić information content (AvgIpc) is 2.86. The molecule has 0 radical (unpaired) electrons. The number of rotatable bonds is 7. The fraction of sp³-hybridized carbons (Fsp3) is 0.867. The topological polar surface area (TPSA) is 47.0 Å². The van der Waals surface area contributed by atoms with Crippen LogP contribution in [0.4, 0.5) is 0 Å². The lowest BCUT2D eigenvalue weighted by atomic mass is 9.86. The normalized spacial score (nSPS) is 23.2. The van der Waals surface area contributed by atoms with Crippen LogP contribution in [0, 0.1) is 11.8 Å². The van der Waals surface area contributed by atoms with Gasteiger partial charge in [0.2, 0.25) is 0 Å². The Morgan fingerprint density at radius 3 is 2.95 bits per heavy atom. The van der Waals surface area contributed by atoms with Crippen LogP contribution in [0.1, 0.15) is 57.9 Å². The van der Waals surface area contributed by atoms with Crippen LogP contribution >= 0.6 is 11.3 Å². The second kappa shape index (κ2) is 7.93. The molecule has 1 aromatic rings. The largest absolute Gasteiger partial charge is 0.466 e. The summed E-state index contributed by atoms with van der Waals surface area (Å²) in [4.78, 5) is 0. The maximum atomic E-state index is 6.01. The van der Waals surface area contributed by atoms with E-state index in [-0.39, 0.29) is 0 Å². The summed E-state index contributed by atoms with van der Waals surface area (Å²) in [6.07, 6.45) is 6.59. The molecule has 0 spiro atoms. The summed E-state index contributed by atoms with van der Waals surface area (Å²) < 4.78 is 6.01. The molecule has 5 heteroatoms. The van der Waals surface area contributed by atoms with Crippen molar-refractivity contribution < 1.29 is 4.74 Å². The Kier molecular flexibility index (Phi) is 6.23. The van der Waals surface area contributed by atoms with Crippen molar-refractivity contribution in [1.82, 2.24) is 15.5 Å². The zero-order valence-corrected chi connectivity index (χ0v) is 13.7. The van der Waals surface area contributed by atoms with E-state index in [0.717, 1.165) is 35.6 Å². The van der Waals surface area contributed by atoms with Crippen LogP contribution in [0.3, 0.4) is 0 Å². The van der Waals surface area contributed by atoms with Crippen LogP contribution in [0.2, 0.25) is 0 Å². The summed E-state index contributed by atoms with van der Waals surface area (Å²) in [5, 5.41) is 13.5. The molecule has 1 aliphatic carbocycles. The van der Waals surface area contributed by atoms with Crippen LogP contribution in [0.25, 0.3) is 0 Å². The van der Waals surface area contributed by atoms with Crippen LogP contribution < -0.4 is 10.1 Å². The third-order valence-electron chi connectivity index (χ3n) is 3.86. The molecular weight excluding hydrogens is 270 g/mol. The fourth-order valence-corrected chi connectivity index (χ4v) is 3.41. The van der Waals surface area contributed by atoms with Gasteiger partial charge in [0.25, 0.3) is 5.19 Å². The lowest BCUT2D eigenvalue weighted by Gasteiger charge is -2.27. The first kappa shape index (κ1) is 15.7. The molecule has 0 saturated heterocycles. The third-order valence-corrected chi connectivity index (χ3v) is 4.67. The molecule has 1 saturated carbocycles. The van der Waals surface area contributed by atoms with E-state index in [2.05, 4.69) is 36.3 Å². The molecule has 0 aliphatic heterocycles. The van der Waals surface area contributed by atoms with E-state index < -0.39 is 0 Å². The van der Waals surface area contributed by atoms with E-state index in [0.29, 0.717) is 12.0 Å². The average molecular weight is 297 g/mol. The summed E-state index contributed by atoms with van der Waals surface area (Å²) in [5.41, 5.74) is 0. The Morgan fingerprint density at radius 1 is 1.35 bits per heavy atom. The van der Waals surface area contributed by atoms with Crippen molar-refractivity contribution in [3.8, 4) is 5.19 Å². The number of aromatic nitrogens is 2. The third kappa shape index (κ3) is 5.02. The monoisotopic (exact) mass is 297 g/mol. The number of nitrogens with one attached hydrogen (secondary N) is 1. The SMILES string of the molecule is CCC1CCCC(Oc2nnc(CNCC(C)C)s2)C1. The quantitative estimate of drug-likeness (QED) is 0.835. The van der Waals surface area contributed by atoms with Gasteiger partial charge in [0.15, 0.2) is 0 Å². The van der Waals surface area contributed by atoms with Crippen molar-refractivity contribution in [2.24, 2.45) is 11.8 Å².